The van der Waals surface area contributed by atoms with Crippen LogP contribution in [0, 0.1) is 6.92 Å². The number of hydrogen-bond acceptors (Lipinski definition) is 3. The van der Waals surface area contributed by atoms with Gasteiger partial charge in [-0.2, -0.15) is 0 Å². The van der Waals surface area contributed by atoms with Crippen molar-refractivity contribution in [3.8, 4) is 0 Å². The third-order valence-corrected chi connectivity index (χ3v) is 2.43. The molecule has 0 aliphatic heterocycles. The number of carboxylic acids is 1. The molecular weight excluding hydrogens is 224 g/mol. The molecule has 1 heterocycles. The summed E-state index contributed by atoms with van der Waals surface area (Å²) in [5.74, 6) is -0.317. The molecule has 0 aromatic carbocycles. The monoisotopic (exact) mass is 240 g/mol. The number of aliphatic carboxylic acids is 1. The van der Waals surface area contributed by atoms with Crippen LogP contribution >= 0.6 is 0 Å². The summed E-state index contributed by atoms with van der Waals surface area (Å²) in [5, 5.41) is 11.0. The summed E-state index contributed by atoms with van der Waals surface area (Å²) in [5.41, 5.74) is 0.894. The van der Waals surface area contributed by atoms with Gasteiger partial charge in [0.25, 0.3) is 0 Å². The van der Waals surface area contributed by atoms with Crippen LogP contribution in [0.3, 0.4) is 0 Å². The Balaban J connectivity index is 2.53. The van der Waals surface area contributed by atoms with Gasteiger partial charge in [-0.3, -0.25) is 4.79 Å². The Kier molecular flexibility index (Phi) is 4.14. The van der Waals surface area contributed by atoms with Gasteiger partial charge in [0.1, 0.15) is 11.8 Å². The highest BCUT2D eigenvalue weighted by atomic mass is 16.4. The minimum Gasteiger partial charge on any atom is -0.480 e. The van der Waals surface area contributed by atoms with Gasteiger partial charge in [0.05, 0.1) is 12.8 Å². The number of nitrogens with one attached hydrogen (secondary N) is 1. The summed E-state index contributed by atoms with van der Waals surface area (Å²) >= 11 is 0. The number of carbonyl (C=O) groups excluding carboxylic acids is 1. The average Bonchev–Trinajstić information content (AvgIpc) is 2.64. The first kappa shape index (κ1) is 13.1. The molecule has 2 N–H and O–H groups in total. The first-order valence-corrected chi connectivity index (χ1v) is 5.19. The molecule has 6 nitrogen and oxygen atoms in total. The molecule has 1 rings (SSSR count). The van der Waals surface area contributed by atoms with Crippen LogP contribution in [-0.2, 0) is 11.3 Å². The molecule has 0 saturated heterocycles. The molecule has 1 aromatic rings. The van der Waals surface area contributed by atoms with Gasteiger partial charge >= 0.3 is 12.0 Å². The minimum atomic E-state index is -1.06. The van der Waals surface area contributed by atoms with Gasteiger partial charge in [-0.05, 0) is 19.9 Å². The van der Waals surface area contributed by atoms with Crippen LogP contribution in [0.5, 0.6) is 0 Å². The van der Waals surface area contributed by atoms with Gasteiger partial charge in [0.2, 0.25) is 0 Å². The SMILES string of the molecule is Cc1occc1CN(C)C(=O)N[C@@H](C)C(=O)O. The van der Waals surface area contributed by atoms with Gasteiger partial charge in [0, 0.05) is 12.6 Å². The molecule has 1 aromatic heterocycles. The lowest BCUT2D eigenvalue weighted by Gasteiger charge is -2.19. The highest BCUT2D eigenvalue weighted by molar-refractivity contribution is 5.82. The van der Waals surface area contributed by atoms with Crippen LogP contribution < -0.4 is 5.32 Å². The lowest BCUT2D eigenvalue weighted by molar-refractivity contribution is -0.138. The van der Waals surface area contributed by atoms with Crippen molar-refractivity contribution in [2.24, 2.45) is 0 Å². The number of amides is 2. The standard InChI is InChI=1S/C11H16N2O4/c1-7(10(14)15)12-11(16)13(3)6-9-4-5-17-8(9)2/h4-5,7H,6H2,1-3H3,(H,12,16)(H,14,15)/t7-/m0/s1. The molecular formula is C11H16N2O4. The van der Waals surface area contributed by atoms with E-state index in [0.717, 1.165) is 11.3 Å². The van der Waals surface area contributed by atoms with Crippen molar-refractivity contribution in [3.05, 3.63) is 23.7 Å². The van der Waals surface area contributed by atoms with E-state index in [1.54, 1.807) is 26.3 Å². The van der Waals surface area contributed by atoms with E-state index in [-0.39, 0.29) is 0 Å². The number of carbonyl (C=O) groups is 2. The molecule has 0 spiro atoms. The third kappa shape index (κ3) is 3.51. The van der Waals surface area contributed by atoms with E-state index >= 15 is 0 Å². The van der Waals surface area contributed by atoms with Gasteiger partial charge in [-0.15, -0.1) is 0 Å². The molecule has 0 aliphatic carbocycles. The number of urea groups is 1. The molecule has 0 saturated carbocycles. The second-order valence-electron chi connectivity index (χ2n) is 3.87. The second kappa shape index (κ2) is 5.38. The van der Waals surface area contributed by atoms with Crippen molar-refractivity contribution in [3.63, 3.8) is 0 Å². The smallest absolute Gasteiger partial charge is 0.325 e. The molecule has 0 bridgehead atoms. The van der Waals surface area contributed by atoms with Crippen LogP contribution in [0.2, 0.25) is 0 Å². The number of furan rings is 1. The Morgan fingerprint density at radius 1 is 1.59 bits per heavy atom. The third-order valence-electron chi connectivity index (χ3n) is 2.43. The van der Waals surface area contributed by atoms with E-state index in [4.69, 9.17) is 9.52 Å². The lowest BCUT2D eigenvalue weighted by Crippen LogP contribution is -2.44. The molecule has 17 heavy (non-hydrogen) atoms. The molecule has 1 atom stereocenters. The molecule has 6 heteroatoms. The Morgan fingerprint density at radius 2 is 2.24 bits per heavy atom. The summed E-state index contributed by atoms with van der Waals surface area (Å²) in [6.45, 7) is 3.60. The van der Waals surface area contributed by atoms with Crippen molar-refractivity contribution in [1.29, 1.82) is 0 Å². The Morgan fingerprint density at radius 3 is 2.71 bits per heavy atom. The summed E-state index contributed by atoms with van der Waals surface area (Å²) in [7, 11) is 1.59. The quantitative estimate of drug-likeness (QED) is 0.828. The van der Waals surface area contributed by atoms with Crippen molar-refractivity contribution in [1.82, 2.24) is 10.2 Å². The van der Waals surface area contributed by atoms with Gasteiger partial charge in [-0.25, -0.2) is 4.79 Å². The number of carboxylic acid groups (broad SMARTS) is 1. The highest BCUT2D eigenvalue weighted by Gasteiger charge is 2.17. The molecule has 0 radical (unpaired) electrons. The topological polar surface area (TPSA) is 82.8 Å². The largest absolute Gasteiger partial charge is 0.480 e. The van der Waals surface area contributed by atoms with E-state index in [1.165, 1.54) is 11.8 Å². The minimum absolute atomic E-state index is 0.376. The maximum atomic E-state index is 11.6. The fourth-order valence-corrected chi connectivity index (χ4v) is 1.26. The van der Waals surface area contributed by atoms with Crippen LogP contribution in [-0.4, -0.2) is 35.1 Å². The lowest BCUT2D eigenvalue weighted by atomic mass is 10.2. The molecule has 0 fully saturated rings. The highest BCUT2D eigenvalue weighted by Crippen LogP contribution is 2.10. The van der Waals surface area contributed by atoms with E-state index in [0.29, 0.717) is 6.54 Å². The zero-order valence-electron chi connectivity index (χ0n) is 10.1. The number of nitrogens with zero attached hydrogens (tertiary/aromatic N) is 1. The van der Waals surface area contributed by atoms with Gasteiger partial charge in [0.15, 0.2) is 0 Å². The second-order valence-corrected chi connectivity index (χ2v) is 3.87. The number of hydrogen-bond donors (Lipinski definition) is 2. The molecule has 94 valence electrons. The van der Waals surface area contributed by atoms with Gasteiger partial charge in [-0.1, -0.05) is 0 Å². The van der Waals surface area contributed by atoms with Crippen LogP contribution in [0.4, 0.5) is 4.79 Å². The van der Waals surface area contributed by atoms with Crippen LogP contribution in [0.15, 0.2) is 16.7 Å². The number of rotatable bonds is 4. The summed E-state index contributed by atoms with van der Waals surface area (Å²) in [6.07, 6.45) is 1.55. The Hall–Kier alpha value is -1.98. The van der Waals surface area contributed by atoms with Gasteiger partial charge < -0.3 is 19.7 Å². The first-order valence-electron chi connectivity index (χ1n) is 5.19. The maximum absolute atomic E-state index is 11.6. The van der Waals surface area contributed by atoms with E-state index in [9.17, 15) is 9.59 Å². The van der Waals surface area contributed by atoms with Crippen LogP contribution in [0.1, 0.15) is 18.2 Å². The average molecular weight is 240 g/mol. The Bertz CT molecular complexity index is 413. The zero-order valence-corrected chi connectivity index (χ0v) is 10.1. The summed E-state index contributed by atoms with van der Waals surface area (Å²) in [6, 6.07) is 0.440. The van der Waals surface area contributed by atoms with E-state index in [2.05, 4.69) is 5.32 Å². The van der Waals surface area contributed by atoms with Crippen molar-refractivity contribution >= 4 is 12.0 Å². The van der Waals surface area contributed by atoms with E-state index in [1.807, 2.05) is 0 Å². The predicted molar refractivity (Wildman–Crippen MR) is 60.5 cm³/mol. The molecule has 0 aliphatic rings. The number of aryl methyl sites for hydroxylation is 1. The van der Waals surface area contributed by atoms with Crippen LogP contribution in [0.25, 0.3) is 0 Å². The predicted octanol–water partition coefficient (Wildman–Crippen LogP) is 1.20. The van der Waals surface area contributed by atoms with Crippen molar-refractivity contribution in [2.45, 2.75) is 26.4 Å². The maximum Gasteiger partial charge on any atom is 0.325 e. The van der Waals surface area contributed by atoms with Crippen molar-refractivity contribution in [2.75, 3.05) is 7.05 Å². The molecule has 0 unspecified atom stereocenters. The van der Waals surface area contributed by atoms with Crippen molar-refractivity contribution < 1.29 is 19.1 Å². The fourth-order valence-electron chi connectivity index (χ4n) is 1.26. The fraction of sp³-hybridized carbons (Fsp3) is 0.455. The Labute approximate surface area is 99.2 Å². The normalized spacial score (nSPS) is 11.9. The summed E-state index contributed by atoms with van der Waals surface area (Å²) in [4.78, 5) is 23.6. The zero-order chi connectivity index (χ0) is 13.0. The summed E-state index contributed by atoms with van der Waals surface area (Å²) < 4.78 is 5.11. The van der Waals surface area contributed by atoms with E-state index < -0.39 is 18.0 Å². The molecule has 2 amide bonds. The first-order chi connectivity index (χ1) is 7.91.